The molecule has 5 nitrogen and oxygen atoms in total. The van der Waals surface area contributed by atoms with E-state index < -0.39 is 12.0 Å². The maximum Gasteiger partial charge on any atom is 0.320 e. The summed E-state index contributed by atoms with van der Waals surface area (Å²) in [5.74, 6) is -1.28. The minimum atomic E-state index is -0.947. The summed E-state index contributed by atoms with van der Waals surface area (Å²) in [6, 6.07) is 6.76. The Morgan fingerprint density at radius 2 is 1.95 bits per heavy atom. The van der Waals surface area contributed by atoms with E-state index in [2.05, 4.69) is 10.6 Å². The van der Waals surface area contributed by atoms with Crippen LogP contribution in [0.5, 0.6) is 0 Å². The standard InChI is InChI=1S/C14H20N2O3S/c1-9(2)13(14(18)19)15-8-12(17)16-10-6-4-5-7-11(10)20-3/h4-7,9,13,15H,8H2,1-3H3,(H,16,17)(H,18,19). The lowest BCUT2D eigenvalue weighted by Crippen LogP contribution is -2.44. The van der Waals surface area contributed by atoms with Gasteiger partial charge in [0, 0.05) is 4.90 Å². The molecule has 1 atom stereocenters. The third-order valence-electron chi connectivity index (χ3n) is 2.80. The smallest absolute Gasteiger partial charge is 0.320 e. The van der Waals surface area contributed by atoms with Gasteiger partial charge >= 0.3 is 5.97 Å². The molecule has 3 N–H and O–H groups in total. The topological polar surface area (TPSA) is 78.4 Å². The minimum Gasteiger partial charge on any atom is -0.480 e. The Morgan fingerprint density at radius 3 is 2.50 bits per heavy atom. The Balaban J connectivity index is 2.57. The van der Waals surface area contributed by atoms with Crippen molar-refractivity contribution in [1.82, 2.24) is 5.32 Å². The van der Waals surface area contributed by atoms with Crippen LogP contribution in [-0.4, -0.2) is 35.8 Å². The Bertz CT molecular complexity index is 477. The van der Waals surface area contributed by atoms with Gasteiger partial charge in [-0.3, -0.25) is 14.9 Å². The largest absolute Gasteiger partial charge is 0.480 e. The molecule has 6 heteroatoms. The van der Waals surface area contributed by atoms with E-state index in [0.29, 0.717) is 0 Å². The predicted molar refractivity (Wildman–Crippen MR) is 81.1 cm³/mol. The molecule has 110 valence electrons. The highest BCUT2D eigenvalue weighted by Gasteiger charge is 2.21. The molecular formula is C14H20N2O3S. The lowest BCUT2D eigenvalue weighted by atomic mass is 10.1. The van der Waals surface area contributed by atoms with Crippen LogP contribution in [0.1, 0.15) is 13.8 Å². The lowest BCUT2D eigenvalue weighted by Gasteiger charge is -2.17. The van der Waals surface area contributed by atoms with Gasteiger partial charge in [0.05, 0.1) is 12.2 Å². The molecule has 20 heavy (non-hydrogen) atoms. The fourth-order valence-corrected chi connectivity index (χ4v) is 2.31. The van der Waals surface area contributed by atoms with Crippen LogP contribution in [0.25, 0.3) is 0 Å². The first kappa shape index (κ1) is 16.5. The van der Waals surface area contributed by atoms with Crippen LogP contribution in [0.3, 0.4) is 0 Å². The fourth-order valence-electron chi connectivity index (χ4n) is 1.75. The van der Waals surface area contributed by atoms with Gasteiger partial charge in [-0.25, -0.2) is 0 Å². The van der Waals surface area contributed by atoms with Gasteiger partial charge in [-0.2, -0.15) is 0 Å². The van der Waals surface area contributed by atoms with E-state index in [9.17, 15) is 9.59 Å². The summed E-state index contributed by atoms with van der Waals surface area (Å²) in [5, 5.41) is 14.6. The van der Waals surface area contributed by atoms with Gasteiger partial charge in [0.15, 0.2) is 0 Å². The van der Waals surface area contributed by atoms with E-state index in [1.54, 1.807) is 25.6 Å². The quantitative estimate of drug-likeness (QED) is 0.671. The highest BCUT2D eigenvalue weighted by Crippen LogP contribution is 2.24. The highest BCUT2D eigenvalue weighted by atomic mass is 32.2. The van der Waals surface area contributed by atoms with E-state index in [1.165, 1.54) is 0 Å². The molecule has 1 aromatic carbocycles. The van der Waals surface area contributed by atoms with Crippen molar-refractivity contribution < 1.29 is 14.7 Å². The van der Waals surface area contributed by atoms with Gasteiger partial charge in [0.25, 0.3) is 0 Å². The Kier molecular flexibility index (Phi) is 6.54. The number of hydrogen-bond donors (Lipinski definition) is 3. The number of carbonyl (C=O) groups excluding carboxylic acids is 1. The zero-order chi connectivity index (χ0) is 15.1. The van der Waals surface area contributed by atoms with E-state index in [0.717, 1.165) is 10.6 Å². The maximum atomic E-state index is 11.9. The van der Waals surface area contributed by atoms with Crippen LogP contribution in [0, 0.1) is 5.92 Å². The van der Waals surface area contributed by atoms with Gasteiger partial charge in [0.1, 0.15) is 6.04 Å². The number of nitrogens with one attached hydrogen (secondary N) is 2. The number of rotatable bonds is 7. The maximum absolute atomic E-state index is 11.9. The molecule has 0 aliphatic carbocycles. The van der Waals surface area contributed by atoms with Crippen LogP contribution >= 0.6 is 11.8 Å². The second-order valence-corrected chi connectivity index (χ2v) is 5.54. The summed E-state index contributed by atoms with van der Waals surface area (Å²) in [4.78, 5) is 23.8. The Morgan fingerprint density at radius 1 is 1.30 bits per heavy atom. The van der Waals surface area contributed by atoms with E-state index in [4.69, 9.17) is 5.11 Å². The number of carboxylic acids is 1. The SMILES string of the molecule is CSc1ccccc1NC(=O)CNC(C(=O)O)C(C)C. The van der Waals surface area contributed by atoms with Crippen molar-refractivity contribution in [3.63, 3.8) is 0 Å². The van der Waals surface area contributed by atoms with Crippen molar-refractivity contribution in [2.24, 2.45) is 5.92 Å². The molecule has 0 spiro atoms. The third kappa shape index (κ3) is 4.86. The van der Waals surface area contributed by atoms with Crippen molar-refractivity contribution >= 4 is 29.3 Å². The van der Waals surface area contributed by atoms with Crippen LogP contribution < -0.4 is 10.6 Å². The molecule has 0 bridgehead atoms. The van der Waals surface area contributed by atoms with Crippen molar-refractivity contribution in [2.75, 3.05) is 18.1 Å². The van der Waals surface area contributed by atoms with Crippen molar-refractivity contribution in [2.45, 2.75) is 24.8 Å². The molecule has 0 aliphatic rings. The number of carboxylic acid groups (broad SMARTS) is 1. The number of benzene rings is 1. The third-order valence-corrected chi connectivity index (χ3v) is 3.59. The molecule has 0 radical (unpaired) electrons. The molecule has 0 saturated carbocycles. The van der Waals surface area contributed by atoms with Crippen LogP contribution in [0.4, 0.5) is 5.69 Å². The Hall–Kier alpha value is -1.53. The zero-order valence-electron chi connectivity index (χ0n) is 11.8. The van der Waals surface area contributed by atoms with Crippen molar-refractivity contribution in [3.8, 4) is 0 Å². The molecular weight excluding hydrogens is 276 g/mol. The molecule has 0 fully saturated rings. The first-order chi connectivity index (χ1) is 9.45. The number of amides is 1. The fraction of sp³-hybridized carbons (Fsp3) is 0.429. The Labute approximate surface area is 123 Å². The summed E-state index contributed by atoms with van der Waals surface area (Å²) in [6.07, 6.45) is 1.93. The second kappa shape index (κ2) is 7.91. The van der Waals surface area contributed by atoms with Gasteiger partial charge in [-0.1, -0.05) is 26.0 Å². The average Bonchev–Trinajstić information content (AvgIpc) is 2.38. The lowest BCUT2D eigenvalue weighted by molar-refractivity contribution is -0.140. The van der Waals surface area contributed by atoms with Gasteiger partial charge < -0.3 is 10.4 Å². The summed E-state index contributed by atoms with van der Waals surface area (Å²) >= 11 is 1.54. The number of thioether (sulfide) groups is 1. The number of para-hydroxylation sites is 1. The number of aliphatic carboxylic acids is 1. The number of hydrogen-bond acceptors (Lipinski definition) is 4. The zero-order valence-corrected chi connectivity index (χ0v) is 12.7. The van der Waals surface area contributed by atoms with E-state index in [1.807, 2.05) is 30.5 Å². The van der Waals surface area contributed by atoms with E-state index >= 15 is 0 Å². The molecule has 0 heterocycles. The van der Waals surface area contributed by atoms with Crippen molar-refractivity contribution in [1.29, 1.82) is 0 Å². The van der Waals surface area contributed by atoms with Gasteiger partial charge in [-0.05, 0) is 24.3 Å². The number of anilines is 1. The molecule has 1 unspecified atom stereocenters. The predicted octanol–water partition coefficient (Wildman–Crippen LogP) is 2.05. The van der Waals surface area contributed by atoms with Gasteiger partial charge in [0.2, 0.25) is 5.91 Å². The monoisotopic (exact) mass is 296 g/mol. The summed E-state index contributed by atoms with van der Waals surface area (Å²) in [5.41, 5.74) is 0.739. The van der Waals surface area contributed by atoms with Gasteiger partial charge in [-0.15, -0.1) is 11.8 Å². The summed E-state index contributed by atoms with van der Waals surface area (Å²) in [7, 11) is 0. The first-order valence-electron chi connectivity index (χ1n) is 6.34. The average molecular weight is 296 g/mol. The molecule has 0 saturated heterocycles. The minimum absolute atomic E-state index is 0.0299. The molecule has 1 amide bonds. The number of carbonyl (C=O) groups is 2. The first-order valence-corrected chi connectivity index (χ1v) is 7.57. The van der Waals surface area contributed by atoms with Crippen LogP contribution in [-0.2, 0) is 9.59 Å². The normalized spacial score (nSPS) is 12.2. The molecule has 0 aliphatic heterocycles. The van der Waals surface area contributed by atoms with Crippen LogP contribution in [0.2, 0.25) is 0 Å². The van der Waals surface area contributed by atoms with Crippen molar-refractivity contribution in [3.05, 3.63) is 24.3 Å². The summed E-state index contributed by atoms with van der Waals surface area (Å²) < 4.78 is 0. The highest BCUT2D eigenvalue weighted by molar-refractivity contribution is 7.98. The molecule has 1 aromatic rings. The summed E-state index contributed by atoms with van der Waals surface area (Å²) in [6.45, 7) is 3.57. The molecule has 0 aromatic heterocycles. The van der Waals surface area contributed by atoms with Crippen LogP contribution in [0.15, 0.2) is 29.2 Å². The second-order valence-electron chi connectivity index (χ2n) is 4.69. The van der Waals surface area contributed by atoms with E-state index in [-0.39, 0.29) is 18.4 Å². The molecule has 1 rings (SSSR count).